The third-order valence-corrected chi connectivity index (χ3v) is 4.56. The molecule has 0 bridgehead atoms. The zero-order chi connectivity index (χ0) is 21.9. The molecule has 12 heteroatoms. The van der Waals surface area contributed by atoms with E-state index in [-0.39, 0.29) is 28.2 Å². The number of carbonyl (C=O) groups is 1. The quantitative estimate of drug-likeness (QED) is 0.426. The standard InChI is InChI=1S/C18H15ClFN5O4S/c1-30(28,29)25-13-7-3-2-6-12(13)22-16-11(19)9-21-18(24-16)23-14-8-4-5-10(15(14)20)17(26)27/h2-9,25H,1H3,(H,26,27)(H2,21,22,23,24). The normalized spacial score (nSPS) is 11.0. The Labute approximate surface area is 176 Å². The highest BCUT2D eigenvalue weighted by molar-refractivity contribution is 7.92. The van der Waals surface area contributed by atoms with Crippen LogP contribution >= 0.6 is 11.6 Å². The highest BCUT2D eigenvalue weighted by Gasteiger charge is 2.16. The van der Waals surface area contributed by atoms with Gasteiger partial charge in [-0.2, -0.15) is 4.98 Å². The molecule has 0 saturated heterocycles. The summed E-state index contributed by atoms with van der Waals surface area (Å²) in [4.78, 5) is 19.2. The van der Waals surface area contributed by atoms with E-state index in [2.05, 4.69) is 25.3 Å². The van der Waals surface area contributed by atoms with Crippen LogP contribution in [-0.2, 0) is 10.0 Å². The van der Waals surface area contributed by atoms with Crippen LogP contribution in [0.15, 0.2) is 48.7 Å². The van der Waals surface area contributed by atoms with Gasteiger partial charge in [-0.15, -0.1) is 0 Å². The number of sulfonamides is 1. The van der Waals surface area contributed by atoms with E-state index >= 15 is 0 Å². The first-order valence-electron chi connectivity index (χ1n) is 8.29. The molecule has 0 amide bonds. The predicted octanol–water partition coefficient (Wildman–Crippen LogP) is 3.83. The van der Waals surface area contributed by atoms with E-state index in [0.717, 1.165) is 12.3 Å². The van der Waals surface area contributed by atoms with E-state index in [0.29, 0.717) is 5.69 Å². The molecule has 1 heterocycles. The summed E-state index contributed by atoms with van der Waals surface area (Å²) >= 11 is 6.13. The van der Waals surface area contributed by atoms with Gasteiger partial charge < -0.3 is 15.7 Å². The molecule has 0 aliphatic heterocycles. The molecule has 9 nitrogen and oxygen atoms in total. The molecule has 0 radical (unpaired) electrons. The van der Waals surface area contributed by atoms with Gasteiger partial charge in [0.2, 0.25) is 16.0 Å². The topological polar surface area (TPSA) is 133 Å². The van der Waals surface area contributed by atoms with E-state index in [1.54, 1.807) is 24.3 Å². The van der Waals surface area contributed by atoms with Gasteiger partial charge in [-0.05, 0) is 24.3 Å². The first-order chi connectivity index (χ1) is 14.1. The van der Waals surface area contributed by atoms with Crippen molar-refractivity contribution in [2.75, 3.05) is 21.6 Å². The van der Waals surface area contributed by atoms with Gasteiger partial charge in [0.05, 0.1) is 35.1 Å². The molecule has 0 saturated carbocycles. The minimum absolute atomic E-state index is 0.0584. The third-order valence-electron chi connectivity index (χ3n) is 3.70. The Bertz CT molecular complexity index is 1220. The summed E-state index contributed by atoms with van der Waals surface area (Å²) in [5.41, 5.74) is -0.00618. The maximum atomic E-state index is 14.3. The van der Waals surface area contributed by atoms with Crippen molar-refractivity contribution in [2.24, 2.45) is 0 Å². The van der Waals surface area contributed by atoms with Crippen molar-refractivity contribution in [1.82, 2.24) is 9.97 Å². The molecule has 0 spiro atoms. The summed E-state index contributed by atoms with van der Waals surface area (Å²) < 4.78 is 39.8. The minimum atomic E-state index is -3.52. The fourth-order valence-corrected chi connectivity index (χ4v) is 3.15. The summed E-state index contributed by atoms with van der Waals surface area (Å²) in [6.07, 6.45) is 2.27. The molecule has 3 aromatic rings. The highest BCUT2D eigenvalue weighted by atomic mass is 35.5. The zero-order valence-electron chi connectivity index (χ0n) is 15.3. The number of hydrogen-bond donors (Lipinski definition) is 4. The second-order valence-electron chi connectivity index (χ2n) is 6.03. The number of carboxylic acid groups (broad SMARTS) is 1. The van der Waals surface area contributed by atoms with Gasteiger partial charge in [0, 0.05) is 0 Å². The Kier molecular flexibility index (Phi) is 6.04. The van der Waals surface area contributed by atoms with Gasteiger partial charge in [0.15, 0.2) is 11.6 Å². The van der Waals surface area contributed by atoms with Crippen molar-refractivity contribution in [1.29, 1.82) is 0 Å². The monoisotopic (exact) mass is 451 g/mol. The number of aromatic nitrogens is 2. The van der Waals surface area contributed by atoms with Crippen LogP contribution in [0.5, 0.6) is 0 Å². The molecule has 0 fully saturated rings. The number of halogens is 2. The Morgan fingerprint density at radius 1 is 1.07 bits per heavy atom. The van der Waals surface area contributed by atoms with Gasteiger partial charge in [-0.1, -0.05) is 29.8 Å². The van der Waals surface area contributed by atoms with Crippen LogP contribution in [0, 0.1) is 5.82 Å². The molecular formula is C18H15ClFN5O4S. The van der Waals surface area contributed by atoms with Crippen LogP contribution in [0.2, 0.25) is 5.02 Å². The highest BCUT2D eigenvalue weighted by Crippen LogP contribution is 2.30. The lowest BCUT2D eigenvalue weighted by atomic mass is 10.2. The van der Waals surface area contributed by atoms with Crippen molar-refractivity contribution in [2.45, 2.75) is 0 Å². The van der Waals surface area contributed by atoms with Gasteiger partial charge in [-0.3, -0.25) is 4.72 Å². The molecule has 0 unspecified atom stereocenters. The van der Waals surface area contributed by atoms with Crippen molar-refractivity contribution in [3.05, 3.63) is 65.1 Å². The Morgan fingerprint density at radius 3 is 2.40 bits per heavy atom. The fourth-order valence-electron chi connectivity index (χ4n) is 2.44. The smallest absolute Gasteiger partial charge is 0.338 e. The minimum Gasteiger partial charge on any atom is -0.478 e. The van der Waals surface area contributed by atoms with Crippen LogP contribution in [0.3, 0.4) is 0 Å². The number of nitrogens with one attached hydrogen (secondary N) is 3. The van der Waals surface area contributed by atoms with Crippen molar-refractivity contribution in [3.8, 4) is 0 Å². The molecule has 1 aromatic heterocycles. The SMILES string of the molecule is CS(=O)(=O)Nc1ccccc1Nc1nc(Nc2cccc(C(=O)O)c2F)ncc1Cl. The lowest BCUT2D eigenvalue weighted by molar-refractivity contribution is 0.0692. The number of hydrogen-bond acceptors (Lipinski definition) is 7. The number of rotatable bonds is 7. The summed E-state index contributed by atoms with van der Waals surface area (Å²) in [5, 5.41) is 14.7. The van der Waals surface area contributed by atoms with Crippen molar-refractivity contribution in [3.63, 3.8) is 0 Å². The second-order valence-corrected chi connectivity index (χ2v) is 8.19. The zero-order valence-corrected chi connectivity index (χ0v) is 16.9. The number of aromatic carboxylic acids is 1. The predicted molar refractivity (Wildman–Crippen MR) is 112 cm³/mol. The lowest BCUT2D eigenvalue weighted by Crippen LogP contribution is -2.11. The lowest BCUT2D eigenvalue weighted by Gasteiger charge is -2.14. The molecule has 3 rings (SSSR count). The van der Waals surface area contributed by atoms with Crippen molar-refractivity contribution >= 4 is 56.4 Å². The summed E-state index contributed by atoms with van der Waals surface area (Å²) in [7, 11) is -3.52. The van der Waals surface area contributed by atoms with Gasteiger partial charge in [0.25, 0.3) is 0 Å². The van der Waals surface area contributed by atoms with E-state index in [1.165, 1.54) is 18.3 Å². The summed E-state index contributed by atoms with van der Waals surface area (Å²) in [6.45, 7) is 0. The Morgan fingerprint density at radius 2 is 1.73 bits per heavy atom. The van der Waals surface area contributed by atoms with Crippen LogP contribution in [0.25, 0.3) is 0 Å². The summed E-state index contributed by atoms with van der Waals surface area (Å²) in [5.74, 6) is -2.32. The largest absolute Gasteiger partial charge is 0.478 e. The molecule has 0 aliphatic carbocycles. The Hall–Kier alpha value is -3.44. The molecule has 156 valence electrons. The average Bonchev–Trinajstić information content (AvgIpc) is 2.66. The fraction of sp³-hybridized carbons (Fsp3) is 0.0556. The maximum Gasteiger partial charge on any atom is 0.338 e. The van der Waals surface area contributed by atoms with Crippen LogP contribution in [0.1, 0.15) is 10.4 Å². The molecule has 30 heavy (non-hydrogen) atoms. The van der Waals surface area contributed by atoms with Crippen LogP contribution in [-0.4, -0.2) is 35.7 Å². The number of para-hydroxylation sites is 2. The van der Waals surface area contributed by atoms with Crippen molar-refractivity contribution < 1.29 is 22.7 Å². The van der Waals surface area contributed by atoms with E-state index in [9.17, 15) is 17.6 Å². The van der Waals surface area contributed by atoms with Gasteiger partial charge >= 0.3 is 5.97 Å². The summed E-state index contributed by atoms with van der Waals surface area (Å²) in [6, 6.07) is 10.3. The molecule has 0 aliphatic rings. The average molecular weight is 452 g/mol. The first kappa shape index (κ1) is 21.3. The van der Waals surface area contributed by atoms with Crippen LogP contribution in [0.4, 0.5) is 33.2 Å². The Balaban J connectivity index is 1.91. The first-order valence-corrected chi connectivity index (χ1v) is 10.6. The molecule has 4 N–H and O–H groups in total. The van der Waals surface area contributed by atoms with E-state index in [4.69, 9.17) is 16.7 Å². The third kappa shape index (κ3) is 5.13. The number of carboxylic acids is 1. The van der Waals surface area contributed by atoms with E-state index < -0.39 is 27.4 Å². The van der Waals surface area contributed by atoms with Crippen LogP contribution < -0.4 is 15.4 Å². The molecule has 2 aromatic carbocycles. The van der Waals surface area contributed by atoms with Gasteiger partial charge in [-0.25, -0.2) is 22.6 Å². The molecular weight excluding hydrogens is 437 g/mol. The number of anilines is 5. The van der Waals surface area contributed by atoms with Gasteiger partial charge in [0.1, 0.15) is 5.02 Å². The molecule has 0 atom stereocenters. The maximum absolute atomic E-state index is 14.3. The second kappa shape index (κ2) is 8.51. The number of benzene rings is 2. The van der Waals surface area contributed by atoms with E-state index in [1.807, 2.05) is 0 Å². The number of nitrogens with zero attached hydrogens (tertiary/aromatic N) is 2.